The van der Waals surface area contributed by atoms with Crippen LogP contribution in [0.25, 0.3) is 0 Å². The van der Waals surface area contributed by atoms with Gasteiger partial charge in [-0.1, -0.05) is 0 Å². The summed E-state index contributed by atoms with van der Waals surface area (Å²) < 4.78 is 23.0. The maximum absolute atomic E-state index is 11.5. The van der Waals surface area contributed by atoms with Crippen LogP contribution in [-0.2, 0) is 14.6 Å². The second-order valence-electron chi connectivity index (χ2n) is 4.91. The Morgan fingerprint density at radius 3 is 2.63 bits per heavy atom. The summed E-state index contributed by atoms with van der Waals surface area (Å²) in [7, 11) is -3.23. The van der Waals surface area contributed by atoms with Gasteiger partial charge in [0.1, 0.15) is 6.04 Å². The topological polar surface area (TPSA) is 74.7 Å². The highest BCUT2D eigenvalue weighted by atomic mass is 32.2. The summed E-state index contributed by atoms with van der Waals surface area (Å²) in [5, 5.41) is 9.18. The zero-order valence-electron chi connectivity index (χ0n) is 11.0. The first-order valence-electron chi connectivity index (χ1n) is 6.11. The average Bonchev–Trinajstić information content (AvgIpc) is 2.76. The van der Waals surface area contributed by atoms with Gasteiger partial charge in [0, 0.05) is 18.5 Å². The Morgan fingerprint density at radius 1 is 1.42 bits per heavy atom. The largest absolute Gasteiger partial charge is 0.480 e. The molecule has 1 atom stereocenters. The molecule has 0 spiro atoms. The highest BCUT2D eigenvalue weighted by molar-refractivity contribution is 7.90. The Balaban J connectivity index is 2.39. The first-order valence-corrected chi connectivity index (χ1v) is 8.00. The van der Waals surface area contributed by atoms with Crippen molar-refractivity contribution in [2.75, 3.05) is 17.7 Å². The Kier molecular flexibility index (Phi) is 3.54. The highest BCUT2D eigenvalue weighted by Gasteiger charge is 2.31. The van der Waals surface area contributed by atoms with Crippen LogP contribution in [0.2, 0.25) is 0 Å². The molecule has 6 heteroatoms. The predicted octanol–water partition coefficient (Wildman–Crippen LogP) is 1.45. The van der Waals surface area contributed by atoms with Crippen LogP contribution in [0.3, 0.4) is 0 Å². The average molecular weight is 283 g/mol. The van der Waals surface area contributed by atoms with Gasteiger partial charge in [0.05, 0.1) is 4.90 Å². The van der Waals surface area contributed by atoms with E-state index in [1.165, 1.54) is 6.07 Å². The minimum Gasteiger partial charge on any atom is -0.480 e. The molecule has 0 aromatic heterocycles. The Labute approximate surface area is 112 Å². The standard InChI is InChI=1S/C13H17NO4S/c1-9-8-10(19(2,17)18)5-6-11(9)14-7-3-4-12(14)13(15)16/h5-6,8,12H,3-4,7H2,1-2H3,(H,15,16). The van der Waals surface area contributed by atoms with Gasteiger partial charge in [0.2, 0.25) is 0 Å². The molecule has 1 aromatic rings. The van der Waals surface area contributed by atoms with Crippen molar-refractivity contribution in [2.24, 2.45) is 0 Å². The molecule has 5 nitrogen and oxygen atoms in total. The number of carbonyl (C=O) groups is 1. The first kappa shape index (κ1) is 13.9. The van der Waals surface area contributed by atoms with E-state index >= 15 is 0 Å². The minimum atomic E-state index is -3.23. The molecule has 1 heterocycles. The SMILES string of the molecule is Cc1cc(S(C)(=O)=O)ccc1N1CCCC1C(=O)O. The molecule has 19 heavy (non-hydrogen) atoms. The summed E-state index contributed by atoms with van der Waals surface area (Å²) in [6, 6.07) is 4.33. The number of anilines is 1. The lowest BCUT2D eigenvalue weighted by molar-refractivity contribution is -0.138. The van der Waals surface area contributed by atoms with Crippen LogP contribution in [-0.4, -0.2) is 38.3 Å². The Hall–Kier alpha value is -1.56. The van der Waals surface area contributed by atoms with E-state index in [2.05, 4.69) is 0 Å². The highest BCUT2D eigenvalue weighted by Crippen LogP contribution is 2.30. The molecule has 1 aromatic carbocycles. The summed E-state index contributed by atoms with van der Waals surface area (Å²) in [5.74, 6) is -0.830. The van der Waals surface area contributed by atoms with Crippen LogP contribution in [0.15, 0.2) is 23.1 Å². The number of benzene rings is 1. The summed E-state index contributed by atoms with van der Waals surface area (Å²) in [4.78, 5) is 13.3. The molecule has 104 valence electrons. The number of carboxylic acids is 1. The number of aliphatic carboxylic acids is 1. The molecule has 0 bridgehead atoms. The Morgan fingerprint density at radius 2 is 2.11 bits per heavy atom. The van der Waals surface area contributed by atoms with Gasteiger partial charge in [-0.25, -0.2) is 13.2 Å². The van der Waals surface area contributed by atoms with E-state index < -0.39 is 21.8 Å². The summed E-state index contributed by atoms with van der Waals surface area (Å²) >= 11 is 0. The van der Waals surface area contributed by atoms with E-state index in [1.807, 2.05) is 4.90 Å². The van der Waals surface area contributed by atoms with Gasteiger partial charge in [-0.3, -0.25) is 0 Å². The third kappa shape index (κ3) is 2.73. The zero-order chi connectivity index (χ0) is 14.2. The fourth-order valence-corrected chi connectivity index (χ4v) is 3.20. The number of nitrogens with zero attached hydrogens (tertiary/aromatic N) is 1. The predicted molar refractivity (Wildman–Crippen MR) is 72.3 cm³/mol. The fourth-order valence-electron chi connectivity index (χ4n) is 2.49. The maximum Gasteiger partial charge on any atom is 0.326 e. The lowest BCUT2D eigenvalue weighted by atomic mass is 10.1. The van der Waals surface area contributed by atoms with Crippen molar-refractivity contribution >= 4 is 21.5 Å². The van der Waals surface area contributed by atoms with E-state index in [9.17, 15) is 18.3 Å². The monoisotopic (exact) mass is 283 g/mol. The number of carboxylic acid groups (broad SMARTS) is 1. The van der Waals surface area contributed by atoms with E-state index in [4.69, 9.17) is 0 Å². The van der Waals surface area contributed by atoms with Crippen LogP contribution in [0.1, 0.15) is 18.4 Å². The molecular formula is C13H17NO4S. The van der Waals surface area contributed by atoms with Crippen LogP contribution in [0.5, 0.6) is 0 Å². The lowest BCUT2D eigenvalue weighted by Gasteiger charge is -2.25. The molecule has 1 aliphatic rings. The van der Waals surface area contributed by atoms with Gasteiger partial charge in [-0.2, -0.15) is 0 Å². The molecule has 1 fully saturated rings. The van der Waals surface area contributed by atoms with Crippen LogP contribution < -0.4 is 4.90 Å². The van der Waals surface area contributed by atoms with Gasteiger partial charge < -0.3 is 10.0 Å². The van der Waals surface area contributed by atoms with Crippen LogP contribution in [0, 0.1) is 6.92 Å². The third-order valence-corrected chi connectivity index (χ3v) is 4.55. The molecule has 1 N–H and O–H groups in total. The minimum absolute atomic E-state index is 0.264. The van der Waals surface area contributed by atoms with Gasteiger partial charge in [-0.05, 0) is 43.5 Å². The summed E-state index contributed by atoms with van der Waals surface area (Å²) in [5.41, 5.74) is 1.59. The van der Waals surface area contributed by atoms with Crippen LogP contribution >= 0.6 is 0 Å². The number of hydrogen-bond donors (Lipinski definition) is 1. The van der Waals surface area contributed by atoms with E-state index in [0.717, 1.165) is 23.9 Å². The van der Waals surface area contributed by atoms with E-state index in [-0.39, 0.29) is 4.90 Å². The summed E-state index contributed by atoms with van der Waals surface area (Å²) in [6.45, 7) is 2.50. The van der Waals surface area contributed by atoms with Gasteiger partial charge >= 0.3 is 5.97 Å². The van der Waals surface area contributed by atoms with E-state index in [0.29, 0.717) is 13.0 Å². The quantitative estimate of drug-likeness (QED) is 0.908. The van der Waals surface area contributed by atoms with Gasteiger partial charge in [0.15, 0.2) is 9.84 Å². The molecule has 0 radical (unpaired) electrons. The first-order chi connectivity index (χ1) is 8.80. The van der Waals surface area contributed by atoms with Crippen molar-refractivity contribution in [2.45, 2.75) is 30.7 Å². The van der Waals surface area contributed by atoms with E-state index in [1.54, 1.807) is 19.1 Å². The molecule has 0 amide bonds. The van der Waals surface area contributed by atoms with Gasteiger partial charge in [0.25, 0.3) is 0 Å². The van der Waals surface area contributed by atoms with Crippen molar-refractivity contribution in [3.63, 3.8) is 0 Å². The molecule has 2 rings (SSSR count). The molecule has 0 aliphatic carbocycles. The smallest absolute Gasteiger partial charge is 0.326 e. The van der Waals surface area contributed by atoms with Crippen molar-refractivity contribution < 1.29 is 18.3 Å². The normalized spacial score (nSPS) is 19.7. The van der Waals surface area contributed by atoms with Crippen molar-refractivity contribution in [3.8, 4) is 0 Å². The maximum atomic E-state index is 11.5. The molecule has 1 unspecified atom stereocenters. The van der Waals surface area contributed by atoms with Crippen molar-refractivity contribution in [3.05, 3.63) is 23.8 Å². The summed E-state index contributed by atoms with van der Waals surface area (Å²) in [6.07, 6.45) is 2.63. The van der Waals surface area contributed by atoms with Gasteiger partial charge in [-0.15, -0.1) is 0 Å². The fraction of sp³-hybridized carbons (Fsp3) is 0.462. The number of sulfone groups is 1. The lowest BCUT2D eigenvalue weighted by Crippen LogP contribution is -2.36. The molecule has 0 saturated carbocycles. The van der Waals surface area contributed by atoms with Crippen molar-refractivity contribution in [1.82, 2.24) is 0 Å². The Bertz CT molecular complexity index is 609. The zero-order valence-corrected chi connectivity index (χ0v) is 11.8. The second kappa shape index (κ2) is 4.85. The molecule has 1 aliphatic heterocycles. The molecular weight excluding hydrogens is 266 g/mol. The van der Waals surface area contributed by atoms with Crippen LogP contribution in [0.4, 0.5) is 5.69 Å². The van der Waals surface area contributed by atoms with Crippen molar-refractivity contribution in [1.29, 1.82) is 0 Å². The third-order valence-electron chi connectivity index (χ3n) is 3.44. The number of hydrogen-bond acceptors (Lipinski definition) is 4. The second-order valence-corrected chi connectivity index (χ2v) is 6.93. The number of rotatable bonds is 3. The number of aryl methyl sites for hydroxylation is 1. The molecule has 1 saturated heterocycles.